The van der Waals surface area contributed by atoms with Crippen molar-refractivity contribution >= 4 is 11.7 Å². The number of rotatable bonds is 10. The largest absolute Gasteiger partial charge is 0.504 e. The molecule has 3 rings (SSSR count). The number of nitrogens with one attached hydrogen (secondary N) is 2. The van der Waals surface area contributed by atoms with E-state index in [4.69, 9.17) is 9.47 Å². The number of aryl methyl sites for hydroxylation is 1. The van der Waals surface area contributed by atoms with Gasteiger partial charge < -0.3 is 25.2 Å². The van der Waals surface area contributed by atoms with Crippen LogP contribution in [0.5, 0.6) is 17.2 Å². The van der Waals surface area contributed by atoms with Gasteiger partial charge in [-0.1, -0.05) is 55.5 Å². The molecule has 0 saturated carbocycles. The highest BCUT2D eigenvalue weighted by atomic mass is 16.5. The lowest BCUT2D eigenvalue weighted by Gasteiger charge is -2.18. The quantitative estimate of drug-likeness (QED) is 0.393. The zero-order chi connectivity index (χ0) is 22.8. The van der Waals surface area contributed by atoms with Crippen molar-refractivity contribution < 1.29 is 19.4 Å². The monoisotopic (exact) mass is 434 g/mol. The van der Waals surface area contributed by atoms with E-state index in [2.05, 4.69) is 10.6 Å². The fourth-order valence-corrected chi connectivity index (χ4v) is 3.38. The molecule has 1 atom stereocenters. The number of amides is 2. The zero-order valence-corrected chi connectivity index (χ0v) is 18.5. The van der Waals surface area contributed by atoms with Gasteiger partial charge in [-0.25, -0.2) is 4.79 Å². The molecule has 0 bridgehead atoms. The lowest BCUT2D eigenvalue weighted by molar-refractivity contribution is 0.247. The van der Waals surface area contributed by atoms with Crippen LogP contribution >= 0.6 is 0 Å². The van der Waals surface area contributed by atoms with Gasteiger partial charge in [0.15, 0.2) is 11.5 Å². The van der Waals surface area contributed by atoms with Crippen molar-refractivity contribution in [1.29, 1.82) is 0 Å². The summed E-state index contributed by atoms with van der Waals surface area (Å²) < 4.78 is 11.0. The molecule has 6 heteroatoms. The van der Waals surface area contributed by atoms with Crippen LogP contribution in [0, 0.1) is 0 Å². The molecule has 168 valence electrons. The summed E-state index contributed by atoms with van der Waals surface area (Å²) in [4.78, 5) is 12.4. The number of para-hydroxylation sites is 1. The number of aromatic hydroxyl groups is 1. The van der Waals surface area contributed by atoms with Crippen molar-refractivity contribution in [2.75, 3.05) is 12.4 Å². The molecule has 0 aromatic heterocycles. The van der Waals surface area contributed by atoms with Gasteiger partial charge >= 0.3 is 6.03 Å². The summed E-state index contributed by atoms with van der Waals surface area (Å²) in [5, 5.41) is 16.5. The maximum Gasteiger partial charge on any atom is 0.319 e. The van der Waals surface area contributed by atoms with E-state index in [1.165, 1.54) is 0 Å². The smallest absolute Gasteiger partial charge is 0.319 e. The molecule has 0 radical (unpaired) electrons. The second-order valence-electron chi connectivity index (χ2n) is 7.51. The summed E-state index contributed by atoms with van der Waals surface area (Å²) in [6, 6.07) is 22.3. The average molecular weight is 435 g/mol. The number of hydrogen-bond donors (Lipinski definition) is 3. The first-order valence-electron chi connectivity index (χ1n) is 10.8. The van der Waals surface area contributed by atoms with Gasteiger partial charge in [0.05, 0.1) is 7.11 Å². The minimum absolute atomic E-state index is 0.0334. The zero-order valence-electron chi connectivity index (χ0n) is 18.5. The second kappa shape index (κ2) is 11.6. The van der Waals surface area contributed by atoms with Crippen LogP contribution in [0.1, 0.15) is 30.9 Å². The summed E-state index contributed by atoms with van der Waals surface area (Å²) in [6.07, 6.45) is 2.08. The number of phenolic OH excluding ortho intramolecular Hbond substituents is 1. The van der Waals surface area contributed by atoms with Crippen molar-refractivity contribution in [2.24, 2.45) is 0 Å². The highest BCUT2D eigenvalue weighted by Gasteiger charge is 2.14. The molecule has 0 spiro atoms. The molecular weight excluding hydrogens is 404 g/mol. The first-order valence-corrected chi connectivity index (χ1v) is 10.8. The van der Waals surface area contributed by atoms with Gasteiger partial charge in [0, 0.05) is 17.8 Å². The number of hydrogen-bond acceptors (Lipinski definition) is 4. The number of carbonyl (C=O) groups excluding carboxylic acids is 1. The van der Waals surface area contributed by atoms with E-state index < -0.39 is 0 Å². The first-order chi connectivity index (χ1) is 15.6. The summed E-state index contributed by atoms with van der Waals surface area (Å²) >= 11 is 0. The van der Waals surface area contributed by atoms with E-state index in [9.17, 15) is 9.90 Å². The number of ether oxygens (including phenoxy) is 2. The van der Waals surface area contributed by atoms with E-state index in [1.54, 1.807) is 19.2 Å². The Kier molecular flexibility index (Phi) is 8.37. The topological polar surface area (TPSA) is 79.8 Å². The molecule has 6 nitrogen and oxygen atoms in total. The van der Waals surface area contributed by atoms with Gasteiger partial charge in [0.1, 0.15) is 12.4 Å². The third-order valence-corrected chi connectivity index (χ3v) is 5.24. The SMILES string of the molecule is CCC(CCc1cccc(OCc2ccccc2)c1O)NC(=O)Nc1cccc(OC)c1. The first kappa shape index (κ1) is 23.0. The van der Waals surface area contributed by atoms with Crippen molar-refractivity contribution in [3.8, 4) is 17.2 Å². The van der Waals surface area contributed by atoms with Crippen LogP contribution in [-0.2, 0) is 13.0 Å². The highest BCUT2D eigenvalue weighted by Crippen LogP contribution is 2.31. The molecule has 3 aromatic carbocycles. The third-order valence-electron chi connectivity index (χ3n) is 5.24. The minimum atomic E-state index is -0.269. The second-order valence-corrected chi connectivity index (χ2v) is 7.51. The molecule has 0 fully saturated rings. The fraction of sp³-hybridized carbons (Fsp3) is 0.269. The van der Waals surface area contributed by atoms with Crippen LogP contribution in [-0.4, -0.2) is 24.3 Å². The Balaban J connectivity index is 1.54. The molecule has 0 aliphatic rings. The molecule has 32 heavy (non-hydrogen) atoms. The lowest BCUT2D eigenvalue weighted by Crippen LogP contribution is -2.37. The molecule has 0 aliphatic carbocycles. The van der Waals surface area contributed by atoms with Crippen molar-refractivity contribution in [3.63, 3.8) is 0 Å². The van der Waals surface area contributed by atoms with Gasteiger partial charge in [-0.05, 0) is 48.6 Å². The predicted octanol–water partition coefficient (Wildman–Crippen LogP) is 5.51. The molecule has 3 N–H and O–H groups in total. The van der Waals surface area contributed by atoms with Crippen LogP contribution < -0.4 is 20.1 Å². The average Bonchev–Trinajstić information content (AvgIpc) is 2.82. The van der Waals surface area contributed by atoms with Gasteiger partial charge in [-0.3, -0.25) is 0 Å². The number of phenols is 1. The Morgan fingerprint density at radius 1 is 1.03 bits per heavy atom. The van der Waals surface area contributed by atoms with Crippen molar-refractivity contribution in [3.05, 3.63) is 83.9 Å². The third kappa shape index (κ3) is 6.67. The van der Waals surface area contributed by atoms with E-state index in [-0.39, 0.29) is 17.8 Å². The Labute approximate surface area is 189 Å². The number of methoxy groups -OCH3 is 1. The van der Waals surface area contributed by atoms with E-state index in [0.29, 0.717) is 36.6 Å². The summed E-state index contributed by atoms with van der Waals surface area (Å²) in [6.45, 7) is 2.41. The molecule has 1 unspecified atom stereocenters. The van der Waals surface area contributed by atoms with E-state index in [0.717, 1.165) is 17.5 Å². The Hall–Kier alpha value is -3.67. The van der Waals surface area contributed by atoms with Gasteiger partial charge in [-0.15, -0.1) is 0 Å². The summed E-state index contributed by atoms with van der Waals surface area (Å²) in [7, 11) is 1.59. The molecule has 0 heterocycles. The van der Waals surface area contributed by atoms with E-state index in [1.807, 2.05) is 67.6 Å². The molecule has 0 aliphatic heterocycles. The number of benzene rings is 3. The maximum absolute atomic E-state index is 12.4. The molecular formula is C26H30N2O4. The van der Waals surface area contributed by atoms with Crippen LogP contribution in [0.2, 0.25) is 0 Å². The van der Waals surface area contributed by atoms with Crippen molar-refractivity contribution in [1.82, 2.24) is 5.32 Å². The number of anilines is 1. The molecule has 3 aromatic rings. The Morgan fingerprint density at radius 3 is 2.56 bits per heavy atom. The maximum atomic E-state index is 12.4. The van der Waals surface area contributed by atoms with Crippen molar-refractivity contribution in [2.45, 2.75) is 38.8 Å². The fourth-order valence-electron chi connectivity index (χ4n) is 3.38. The Morgan fingerprint density at radius 2 is 1.81 bits per heavy atom. The van der Waals surface area contributed by atoms with Gasteiger partial charge in [0.2, 0.25) is 0 Å². The summed E-state index contributed by atoms with van der Waals surface area (Å²) in [5.41, 5.74) is 2.50. The Bertz CT molecular complexity index is 1010. The predicted molar refractivity (Wildman–Crippen MR) is 126 cm³/mol. The van der Waals surface area contributed by atoms with Gasteiger partial charge in [-0.2, -0.15) is 0 Å². The normalized spacial score (nSPS) is 11.4. The molecule has 0 saturated heterocycles. The number of urea groups is 1. The van der Waals surface area contributed by atoms with Crippen LogP contribution in [0.4, 0.5) is 10.5 Å². The molecule has 2 amide bonds. The van der Waals surface area contributed by atoms with E-state index >= 15 is 0 Å². The van der Waals surface area contributed by atoms with Crippen LogP contribution in [0.25, 0.3) is 0 Å². The summed E-state index contributed by atoms with van der Waals surface area (Å²) in [5.74, 6) is 1.29. The lowest BCUT2D eigenvalue weighted by atomic mass is 10.0. The van der Waals surface area contributed by atoms with Crippen LogP contribution in [0.15, 0.2) is 72.8 Å². The van der Waals surface area contributed by atoms with Gasteiger partial charge in [0.25, 0.3) is 0 Å². The van der Waals surface area contributed by atoms with Crippen LogP contribution in [0.3, 0.4) is 0 Å². The minimum Gasteiger partial charge on any atom is -0.504 e. The standard InChI is InChI=1S/C26H30N2O4/c1-3-21(27-26(30)28-22-12-8-13-23(17-22)31-2)16-15-20-11-7-14-24(25(20)29)32-18-19-9-5-4-6-10-19/h4-14,17,21,29H,3,15-16,18H2,1-2H3,(H2,27,28,30). The highest BCUT2D eigenvalue weighted by molar-refractivity contribution is 5.89. The number of carbonyl (C=O) groups is 1.